The van der Waals surface area contributed by atoms with Crippen molar-refractivity contribution in [3.05, 3.63) is 16.1 Å². The molecule has 0 radical (unpaired) electrons. The molecule has 1 saturated heterocycles. The zero-order chi connectivity index (χ0) is 15.3. The topological polar surface area (TPSA) is 74.3 Å². The predicted molar refractivity (Wildman–Crippen MR) is 85.5 cm³/mol. The van der Waals surface area contributed by atoms with E-state index < -0.39 is 10.2 Å². The molecule has 2 rings (SSSR count). The lowest BCUT2D eigenvalue weighted by Crippen LogP contribution is -2.47. The molecule has 0 bridgehead atoms. The molecule has 8 heteroatoms. The summed E-state index contributed by atoms with van der Waals surface area (Å²) in [5.74, 6) is 0.403. The highest BCUT2D eigenvalue weighted by molar-refractivity contribution is 7.87. The van der Waals surface area contributed by atoms with Gasteiger partial charge in [0.05, 0.1) is 11.2 Å². The molecule has 0 saturated carbocycles. The monoisotopic (exact) mass is 332 g/mol. The second-order valence-electron chi connectivity index (χ2n) is 5.36. The van der Waals surface area contributed by atoms with Gasteiger partial charge in [-0.2, -0.15) is 17.4 Å². The van der Waals surface area contributed by atoms with Gasteiger partial charge in [-0.3, -0.25) is 0 Å². The normalized spacial score (nSPS) is 20.8. The van der Waals surface area contributed by atoms with E-state index in [4.69, 9.17) is 0 Å². The van der Waals surface area contributed by atoms with Gasteiger partial charge in [-0.15, -0.1) is 11.3 Å². The summed E-state index contributed by atoms with van der Waals surface area (Å²) in [6.45, 7) is 7.31. The van der Waals surface area contributed by atoms with Gasteiger partial charge in [-0.1, -0.05) is 6.92 Å². The summed E-state index contributed by atoms with van der Waals surface area (Å²) in [6.07, 6.45) is 2.02. The molecule has 0 amide bonds. The zero-order valence-electron chi connectivity index (χ0n) is 12.6. The number of hydrogen-bond donors (Lipinski definition) is 2. The van der Waals surface area contributed by atoms with Gasteiger partial charge in [0.15, 0.2) is 0 Å². The number of piperidine rings is 1. The first-order valence-electron chi connectivity index (χ1n) is 7.37. The largest absolute Gasteiger partial charge is 0.317 e. The molecule has 1 aliphatic rings. The van der Waals surface area contributed by atoms with Crippen molar-refractivity contribution in [1.82, 2.24) is 19.3 Å². The number of nitrogens with zero attached hydrogens (tertiary/aromatic N) is 2. The Kier molecular flexibility index (Phi) is 6.12. The van der Waals surface area contributed by atoms with E-state index in [9.17, 15) is 8.42 Å². The minimum Gasteiger partial charge on any atom is -0.317 e. The van der Waals surface area contributed by atoms with Crippen molar-refractivity contribution in [2.45, 2.75) is 33.2 Å². The fraction of sp³-hybridized carbons (Fsp3) is 0.769. The van der Waals surface area contributed by atoms with E-state index in [-0.39, 0.29) is 0 Å². The standard InChI is InChI=1S/C13H24N4O2S2/c1-3-14-7-12-5-4-6-17(9-12)21(18,19)16-8-13-11(2)15-10-20-13/h10,12,14,16H,3-9H2,1-2H3. The Hall–Kier alpha value is -0.540. The lowest BCUT2D eigenvalue weighted by molar-refractivity contribution is 0.258. The van der Waals surface area contributed by atoms with Crippen molar-refractivity contribution in [2.75, 3.05) is 26.2 Å². The first-order chi connectivity index (χ1) is 10.0. The first-order valence-corrected chi connectivity index (χ1v) is 9.69. The van der Waals surface area contributed by atoms with Crippen LogP contribution in [-0.2, 0) is 16.8 Å². The molecule has 1 aromatic rings. The molecule has 1 atom stereocenters. The molecule has 1 aromatic heterocycles. The van der Waals surface area contributed by atoms with E-state index in [1.54, 1.807) is 9.82 Å². The number of nitrogens with one attached hydrogen (secondary N) is 2. The highest BCUT2D eigenvalue weighted by Gasteiger charge is 2.28. The molecular formula is C13H24N4O2S2. The van der Waals surface area contributed by atoms with Crippen LogP contribution >= 0.6 is 11.3 Å². The van der Waals surface area contributed by atoms with E-state index in [0.717, 1.165) is 36.5 Å². The summed E-state index contributed by atoms with van der Waals surface area (Å²) >= 11 is 1.48. The fourth-order valence-electron chi connectivity index (χ4n) is 2.50. The molecule has 0 spiro atoms. The molecule has 1 aliphatic heterocycles. The van der Waals surface area contributed by atoms with Crippen molar-refractivity contribution in [1.29, 1.82) is 0 Å². The van der Waals surface area contributed by atoms with Crippen molar-refractivity contribution in [3.8, 4) is 0 Å². The molecule has 1 unspecified atom stereocenters. The Labute approximate surface area is 131 Å². The summed E-state index contributed by atoms with van der Waals surface area (Å²) in [5, 5.41) is 3.30. The van der Waals surface area contributed by atoms with Gasteiger partial charge in [-0.25, -0.2) is 4.98 Å². The summed E-state index contributed by atoms with van der Waals surface area (Å²) < 4.78 is 29.1. The molecule has 21 heavy (non-hydrogen) atoms. The van der Waals surface area contributed by atoms with E-state index in [1.807, 2.05) is 6.92 Å². The molecular weight excluding hydrogens is 308 g/mol. The zero-order valence-corrected chi connectivity index (χ0v) is 14.3. The van der Waals surface area contributed by atoms with Gasteiger partial charge in [0, 0.05) is 24.5 Å². The first kappa shape index (κ1) is 16.8. The Morgan fingerprint density at radius 2 is 2.33 bits per heavy atom. The van der Waals surface area contributed by atoms with Crippen LogP contribution in [0.5, 0.6) is 0 Å². The van der Waals surface area contributed by atoms with Crippen LogP contribution in [0.3, 0.4) is 0 Å². The lowest BCUT2D eigenvalue weighted by Gasteiger charge is -2.32. The van der Waals surface area contributed by atoms with Crippen LogP contribution < -0.4 is 10.0 Å². The van der Waals surface area contributed by atoms with Crippen LogP contribution in [0.4, 0.5) is 0 Å². The summed E-state index contributed by atoms with van der Waals surface area (Å²) in [5.41, 5.74) is 2.64. The second kappa shape index (κ2) is 7.64. The summed E-state index contributed by atoms with van der Waals surface area (Å²) in [6, 6.07) is 0. The molecule has 120 valence electrons. The second-order valence-corrected chi connectivity index (χ2v) is 8.06. The molecule has 6 nitrogen and oxygen atoms in total. The van der Waals surface area contributed by atoms with Gasteiger partial charge in [-0.05, 0) is 38.8 Å². The molecule has 2 N–H and O–H groups in total. The lowest BCUT2D eigenvalue weighted by atomic mass is 10.00. The van der Waals surface area contributed by atoms with Crippen LogP contribution in [0, 0.1) is 12.8 Å². The van der Waals surface area contributed by atoms with Crippen LogP contribution in [-0.4, -0.2) is 43.9 Å². The van der Waals surface area contributed by atoms with Crippen LogP contribution in [0.1, 0.15) is 30.3 Å². The minimum atomic E-state index is -3.40. The highest BCUT2D eigenvalue weighted by Crippen LogP contribution is 2.19. The number of rotatable bonds is 7. The van der Waals surface area contributed by atoms with Crippen LogP contribution in [0.2, 0.25) is 0 Å². The van der Waals surface area contributed by atoms with Gasteiger partial charge < -0.3 is 5.32 Å². The quantitative estimate of drug-likeness (QED) is 0.784. The third kappa shape index (κ3) is 4.72. The molecule has 1 fully saturated rings. The molecule has 0 aliphatic carbocycles. The summed E-state index contributed by atoms with van der Waals surface area (Å²) in [4.78, 5) is 5.11. The SMILES string of the molecule is CCNCC1CCCN(S(=O)(=O)NCc2scnc2C)C1. The Balaban J connectivity index is 1.90. The van der Waals surface area contributed by atoms with Crippen molar-refractivity contribution in [3.63, 3.8) is 0 Å². The van der Waals surface area contributed by atoms with Crippen molar-refractivity contribution < 1.29 is 8.42 Å². The predicted octanol–water partition coefficient (Wildman–Crippen LogP) is 1.11. The fourth-order valence-corrected chi connectivity index (χ4v) is 4.60. The van der Waals surface area contributed by atoms with E-state index in [1.165, 1.54) is 11.3 Å². The van der Waals surface area contributed by atoms with Gasteiger partial charge in [0.2, 0.25) is 0 Å². The highest BCUT2D eigenvalue weighted by atomic mass is 32.2. The third-order valence-corrected chi connectivity index (χ3v) is 6.22. The molecule has 2 heterocycles. The van der Waals surface area contributed by atoms with E-state index in [2.05, 4.69) is 21.9 Å². The Bertz CT molecular complexity index is 544. The van der Waals surface area contributed by atoms with E-state index in [0.29, 0.717) is 25.6 Å². The minimum absolute atomic E-state index is 0.327. The Morgan fingerprint density at radius 1 is 1.52 bits per heavy atom. The number of hydrogen-bond acceptors (Lipinski definition) is 5. The average molecular weight is 332 g/mol. The third-order valence-electron chi connectivity index (χ3n) is 3.76. The van der Waals surface area contributed by atoms with Gasteiger partial charge in [0.25, 0.3) is 10.2 Å². The molecule has 0 aromatic carbocycles. The average Bonchev–Trinajstić information content (AvgIpc) is 2.89. The van der Waals surface area contributed by atoms with Crippen LogP contribution in [0.25, 0.3) is 0 Å². The maximum Gasteiger partial charge on any atom is 0.279 e. The summed E-state index contributed by atoms with van der Waals surface area (Å²) in [7, 11) is -3.40. The van der Waals surface area contributed by atoms with Crippen molar-refractivity contribution >= 4 is 21.5 Å². The number of aryl methyl sites for hydroxylation is 1. The van der Waals surface area contributed by atoms with E-state index >= 15 is 0 Å². The van der Waals surface area contributed by atoms with Crippen molar-refractivity contribution in [2.24, 2.45) is 5.92 Å². The maximum absolute atomic E-state index is 12.4. The smallest absolute Gasteiger partial charge is 0.279 e. The maximum atomic E-state index is 12.4. The number of aromatic nitrogens is 1. The number of thiazole rings is 1. The Morgan fingerprint density at radius 3 is 3.00 bits per heavy atom. The van der Waals surface area contributed by atoms with Gasteiger partial charge >= 0.3 is 0 Å². The van der Waals surface area contributed by atoms with Gasteiger partial charge in [0.1, 0.15) is 0 Å². The van der Waals surface area contributed by atoms with Crippen LogP contribution in [0.15, 0.2) is 5.51 Å².